The number of halogens is 2. The van der Waals surface area contributed by atoms with Gasteiger partial charge in [-0.2, -0.15) is 0 Å². The molecule has 3 rings (SSSR count). The lowest BCUT2D eigenvalue weighted by Crippen LogP contribution is -2.57. The number of nitrogens with one attached hydrogen (secondary N) is 2. The van der Waals surface area contributed by atoms with E-state index in [-0.39, 0.29) is 36.0 Å². The van der Waals surface area contributed by atoms with Crippen LogP contribution >= 0.6 is 12.4 Å². The normalized spacial score (nSPS) is 19.6. The Morgan fingerprint density at radius 2 is 1.82 bits per heavy atom. The van der Waals surface area contributed by atoms with Crippen LogP contribution in [-0.4, -0.2) is 55.6 Å². The molecule has 1 aromatic carbocycles. The summed E-state index contributed by atoms with van der Waals surface area (Å²) in [6.45, 7) is 3.10. The number of hydrogen-bond acceptors (Lipinski definition) is 4. The summed E-state index contributed by atoms with van der Waals surface area (Å²) < 4.78 is 18.6. The maximum absolute atomic E-state index is 13.0. The molecule has 0 atom stereocenters. The summed E-state index contributed by atoms with van der Waals surface area (Å²) in [6, 6.07) is 6.11. The van der Waals surface area contributed by atoms with Crippen molar-refractivity contribution in [3.8, 4) is 0 Å². The van der Waals surface area contributed by atoms with Crippen molar-refractivity contribution in [3.05, 3.63) is 35.6 Å². The van der Waals surface area contributed by atoms with Crippen molar-refractivity contribution in [1.82, 2.24) is 15.5 Å². The van der Waals surface area contributed by atoms with Gasteiger partial charge < -0.3 is 20.3 Å². The second-order valence-electron chi connectivity index (χ2n) is 7.36. The first-order chi connectivity index (χ1) is 13.0. The number of ether oxygens (including phenoxy) is 1. The second kappa shape index (κ2) is 10.2. The fourth-order valence-corrected chi connectivity index (χ4v) is 3.90. The highest BCUT2D eigenvalue weighted by molar-refractivity contribution is 5.86. The fraction of sp³-hybridized carbons (Fsp3) is 0.600. The van der Waals surface area contributed by atoms with Gasteiger partial charge in [0.05, 0.1) is 0 Å². The summed E-state index contributed by atoms with van der Waals surface area (Å²) in [7, 11) is 1.61. The summed E-state index contributed by atoms with van der Waals surface area (Å²) in [5, 5.41) is 6.18. The molecule has 2 fully saturated rings. The van der Waals surface area contributed by atoms with E-state index in [1.165, 1.54) is 12.1 Å². The van der Waals surface area contributed by atoms with Crippen molar-refractivity contribution in [1.29, 1.82) is 0 Å². The molecule has 156 valence electrons. The van der Waals surface area contributed by atoms with Gasteiger partial charge in [0.2, 0.25) is 5.91 Å². The summed E-state index contributed by atoms with van der Waals surface area (Å²) in [5.74, 6) is -0.336. The Labute approximate surface area is 171 Å². The smallest absolute Gasteiger partial charge is 0.254 e. The molecule has 2 amide bonds. The number of nitrogens with zero attached hydrogens (tertiary/aromatic N) is 1. The monoisotopic (exact) mass is 413 g/mol. The van der Waals surface area contributed by atoms with Gasteiger partial charge in [-0.1, -0.05) is 12.1 Å². The molecule has 6 nitrogen and oxygen atoms in total. The Morgan fingerprint density at radius 1 is 1.21 bits per heavy atom. The average molecular weight is 414 g/mol. The molecule has 2 heterocycles. The molecule has 0 bridgehead atoms. The van der Waals surface area contributed by atoms with Crippen LogP contribution in [0, 0.1) is 11.7 Å². The van der Waals surface area contributed by atoms with Crippen LogP contribution in [0.2, 0.25) is 0 Å². The summed E-state index contributed by atoms with van der Waals surface area (Å²) in [5.41, 5.74) is 0.147. The van der Waals surface area contributed by atoms with Gasteiger partial charge in [0, 0.05) is 32.7 Å². The first-order valence-electron chi connectivity index (χ1n) is 9.61. The molecule has 0 aliphatic carbocycles. The first kappa shape index (κ1) is 22.6. The number of rotatable bonds is 5. The quantitative estimate of drug-likeness (QED) is 0.773. The molecule has 2 aliphatic heterocycles. The molecule has 0 spiro atoms. The standard InChI is InChI=1S/C20H28FN3O3.ClH/c1-27-20(8-10-22-11-9-20)19(26)24-12-6-16(7-13-24)18(25)23-14-15-2-4-17(21)5-3-15;/h2-5,16,22H,6-14H2,1H3,(H,23,25);1H. The third kappa shape index (κ3) is 5.21. The van der Waals surface area contributed by atoms with Crippen LogP contribution < -0.4 is 10.6 Å². The molecule has 0 unspecified atom stereocenters. The number of methoxy groups -OCH3 is 1. The van der Waals surface area contributed by atoms with Crippen LogP contribution in [-0.2, 0) is 20.9 Å². The molecule has 0 radical (unpaired) electrons. The number of piperidine rings is 2. The highest BCUT2D eigenvalue weighted by atomic mass is 35.5. The van der Waals surface area contributed by atoms with Crippen LogP contribution in [0.15, 0.2) is 24.3 Å². The van der Waals surface area contributed by atoms with Crippen molar-refractivity contribution >= 4 is 24.2 Å². The Hall–Kier alpha value is -1.70. The van der Waals surface area contributed by atoms with Crippen LogP contribution in [0.1, 0.15) is 31.2 Å². The van der Waals surface area contributed by atoms with E-state index in [1.807, 2.05) is 4.90 Å². The first-order valence-corrected chi connectivity index (χ1v) is 9.61. The second-order valence-corrected chi connectivity index (χ2v) is 7.36. The lowest BCUT2D eigenvalue weighted by molar-refractivity contribution is -0.160. The van der Waals surface area contributed by atoms with E-state index in [4.69, 9.17) is 4.74 Å². The summed E-state index contributed by atoms with van der Waals surface area (Å²) >= 11 is 0. The van der Waals surface area contributed by atoms with E-state index in [0.29, 0.717) is 45.3 Å². The summed E-state index contributed by atoms with van der Waals surface area (Å²) in [4.78, 5) is 27.2. The van der Waals surface area contributed by atoms with E-state index >= 15 is 0 Å². The molecule has 28 heavy (non-hydrogen) atoms. The highest BCUT2D eigenvalue weighted by Gasteiger charge is 2.43. The van der Waals surface area contributed by atoms with Crippen LogP contribution in [0.25, 0.3) is 0 Å². The molecule has 2 saturated heterocycles. The molecule has 0 aromatic heterocycles. The van der Waals surface area contributed by atoms with E-state index in [2.05, 4.69) is 10.6 Å². The summed E-state index contributed by atoms with van der Waals surface area (Å²) in [6.07, 6.45) is 2.67. The van der Waals surface area contributed by atoms with E-state index in [1.54, 1.807) is 19.2 Å². The Balaban J connectivity index is 0.00000280. The third-order valence-electron chi connectivity index (χ3n) is 5.72. The van der Waals surface area contributed by atoms with Gasteiger partial charge >= 0.3 is 0 Å². The minimum Gasteiger partial charge on any atom is -0.368 e. The zero-order valence-corrected chi connectivity index (χ0v) is 17.0. The third-order valence-corrected chi connectivity index (χ3v) is 5.72. The van der Waals surface area contributed by atoms with Gasteiger partial charge in [-0.15, -0.1) is 12.4 Å². The van der Waals surface area contributed by atoms with E-state index in [9.17, 15) is 14.0 Å². The number of likely N-dealkylation sites (tertiary alicyclic amines) is 1. The molecule has 8 heteroatoms. The van der Waals surface area contributed by atoms with Gasteiger partial charge in [0.15, 0.2) is 0 Å². The van der Waals surface area contributed by atoms with E-state index in [0.717, 1.165) is 18.7 Å². The Bertz CT molecular complexity index is 657. The van der Waals surface area contributed by atoms with Gasteiger partial charge in [0.1, 0.15) is 11.4 Å². The minimum absolute atomic E-state index is 0. The largest absolute Gasteiger partial charge is 0.368 e. The minimum atomic E-state index is -0.719. The Kier molecular flexibility index (Phi) is 8.22. The topological polar surface area (TPSA) is 70.7 Å². The van der Waals surface area contributed by atoms with Gasteiger partial charge in [-0.05, 0) is 56.5 Å². The van der Waals surface area contributed by atoms with Gasteiger partial charge in [-0.25, -0.2) is 4.39 Å². The number of amides is 2. The molecule has 2 aliphatic rings. The number of carbonyl (C=O) groups excluding carboxylic acids is 2. The molecule has 0 saturated carbocycles. The zero-order valence-electron chi connectivity index (χ0n) is 16.2. The van der Waals surface area contributed by atoms with Crippen molar-refractivity contribution in [2.45, 2.75) is 37.8 Å². The SMILES string of the molecule is COC1(C(=O)N2CCC(C(=O)NCc3ccc(F)cc3)CC2)CCNCC1.Cl. The van der Waals surface area contributed by atoms with Gasteiger partial charge in [-0.3, -0.25) is 9.59 Å². The lowest BCUT2D eigenvalue weighted by atomic mass is 9.88. The predicted molar refractivity (Wildman–Crippen MR) is 107 cm³/mol. The number of benzene rings is 1. The van der Waals surface area contributed by atoms with Crippen LogP contribution in [0.3, 0.4) is 0 Å². The van der Waals surface area contributed by atoms with Gasteiger partial charge in [0.25, 0.3) is 5.91 Å². The molecular formula is C20H29ClFN3O3. The van der Waals surface area contributed by atoms with Crippen molar-refractivity contribution in [2.75, 3.05) is 33.3 Å². The van der Waals surface area contributed by atoms with Crippen LogP contribution in [0.5, 0.6) is 0 Å². The number of hydrogen-bond donors (Lipinski definition) is 2. The average Bonchev–Trinajstić information content (AvgIpc) is 2.73. The molecule has 1 aromatic rings. The van der Waals surface area contributed by atoms with E-state index < -0.39 is 5.60 Å². The zero-order chi connectivity index (χ0) is 19.3. The Morgan fingerprint density at radius 3 is 2.39 bits per heavy atom. The molecule has 2 N–H and O–H groups in total. The maximum Gasteiger partial charge on any atom is 0.254 e. The molecular weight excluding hydrogens is 385 g/mol. The number of carbonyl (C=O) groups is 2. The highest BCUT2D eigenvalue weighted by Crippen LogP contribution is 2.28. The van der Waals surface area contributed by atoms with Crippen LogP contribution in [0.4, 0.5) is 4.39 Å². The maximum atomic E-state index is 13.0. The fourth-order valence-electron chi connectivity index (χ4n) is 3.90. The van der Waals surface area contributed by atoms with Crippen molar-refractivity contribution in [3.63, 3.8) is 0 Å². The predicted octanol–water partition coefficient (Wildman–Crippen LogP) is 1.87. The van der Waals surface area contributed by atoms with Crippen molar-refractivity contribution < 1.29 is 18.7 Å². The van der Waals surface area contributed by atoms with Crippen molar-refractivity contribution in [2.24, 2.45) is 5.92 Å². The lowest BCUT2D eigenvalue weighted by Gasteiger charge is -2.41.